The molecule has 0 atom stereocenters. The van der Waals surface area contributed by atoms with Crippen LogP contribution in [0.15, 0.2) is 59.8 Å². The Morgan fingerprint density at radius 2 is 1.72 bits per heavy atom. The summed E-state index contributed by atoms with van der Waals surface area (Å²) in [4.78, 5) is 19.9. The number of allylic oxidation sites excluding steroid dienone is 1. The van der Waals surface area contributed by atoms with Gasteiger partial charge in [0.1, 0.15) is 0 Å². The van der Waals surface area contributed by atoms with Crippen LogP contribution in [0.4, 0.5) is 13.2 Å². The minimum atomic E-state index is -5.08. The van der Waals surface area contributed by atoms with Gasteiger partial charge in [0.15, 0.2) is 0 Å². The fraction of sp³-hybridized carbons (Fsp3) is 0.0588. The Kier molecular flexibility index (Phi) is 5.11. The zero-order valence-corrected chi connectivity index (χ0v) is 12.5. The number of hydrogen-bond acceptors (Lipinski definition) is 3. The van der Waals surface area contributed by atoms with Gasteiger partial charge in [-0.3, -0.25) is 0 Å². The molecule has 130 valence electrons. The molecule has 0 aromatic heterocycles. The maximum atomic E-state index is 11.0. The molecule has 0 saturated carbocycles. The van der Waals surface area contributed by atoms with Crippen molar-refractivity contribution in [3.63, 3.8) is 0 Å². The minimum absolute atomic E-state index is 0.262. The van der Waals surface area contributed by atoms with E-state index in [1.807, 2.05) is 42.5 Å². The van der Waals surface area contributed by atoms with Crippen molar-refractivity contribution in [1.29, 1.82) is 0 Å². The van der Waals surface area contributed by atoms with Crippen LogP contribution in [0, 0.1) is 0 Å². The van der Waals surface area contributed by atoms with Gasteiger partial charge in [0, 0.05) is 11.4 Å². The van der Waals surface area contributed by atoms with Crippen LogP contribution < -0.4 is 15.8 Å². The predicted molar refractivity (Wildman–Crippen MR) is 83.3 cm³/mol. The van der Waals surface area contributed by atoms with E-state index in [1.165, 1.54) is 6.20 Å². The largest absolute Gasteiger partial charge is 0.490 e. The zero-order chi connectivity index (χ0) is 18.6. The molecule has 1 heterocycles. The second kappa shape index (κ2) is 7.08. The molecule has 1 aliphatic heterocycles. The third-order valence-electron chi connectivity index (χ3n) is 3.24. The SMILES string of the molecule is O=C(O)C(F)(F)F.O=C(O)C1=CNC2=c3ccccc3=CC=CC2=C1. The van der Waals surface area contributed by atoms with E-state index in [0.717, 1.165) is 21.7 Å². The number of aliphatic carboxylic acids is 2. The normalized spacial score (nSPS) is 14.9. The van der Waals surface area contributed by atoms with Crippen LogP contribution in [0.2, 0.25) is 0 Å². The van der Waals surface area contributed by atoms with Gasteiger partial charge in [-0.25, -0.2) is 9.59 Å². The first-order valence-corrected chi connectivity index (χ1v) is 6.90. The Morgan fingerprint density at radius 3 is 2.32 bits per heavy atom. The van der Waals surface area contributed by atoms with Crippen molar-refractivity contribution in [2.45, 2.75) is 6.18 Å². The number of benzene rings is 1. The number of carboxylic acids is 2. The van der Waals surface area contributed by atoms with Gasteiger partial charge in [0.2, 0.25) is 0 Å². The Balaban J connectivity index is 0.000000277. The lowest BCUT2D eigenvalue weighted by Crippen LogP contribution is -2.31. The maximum Gasteiger partial charge on any atom is 0.490 e. The van der Waals surface area contributed by atoms with Crippen LogP contribution in [0.1, 0.15) is 0 Å². The van der Waals surface area contributed by atoms with Crippen molar-refractivity contribution in [2.75, 3.05) is 0 Å². The summed E-state index contributed by atoms with van der Waals surface area (Å²) in [6.45, 7) is 0. The molecule has 0 unspecified atom stereocenters. The van der Waals surface area contributed by atoms with Crippen LogP contribution in [-0.2, 0) is 9.59 Å². The summed E-state index contributed by atoms with van der Waals surface area (Å²) in [7, 11) is 0. The second-order valence-corrected chi connectivity index (χ2v) is 4.94. The van der Waals surface area contributed by atoms with E-state index < -0.39 is 18.1 Å². The van der Waals surface area contributed by atoms with E-state index in [4.69, 9.17) is 15.0 Å². The van der Waals surface area contributed by atoms with Gasteiger partial charge < -0.3 is 15.5 Å². The van der Waals surface area contributed by atoms with E-state index in [9.17, 15) is 18.0 Å². The van der Waals surface area contributed by atoms with Crippen LogP contribution in [0.25, 0.3) is 11.8 Å². The topological polar surface area (TPSA) is 86.6 Å². The number of hydrogen-bond donors (Lipinski definition) is 3. The summed E-state index contributed by atoms with van der Waals surface area (Å²) in [5, 5.41) is 21.4. The fourth-order valence-corrected chi connectivity index (χ4v) is 2.13. The molecule has 8 heteroatoms. The second-order valence-electron chi connectivity index (χ2n) is 4.94. The predicted octanol–water partition coefficient (Wildman–Crippen LogP) is 1.28. The summed E-state index contributed by atoms with van der Waals surface area (Å²) in [5.41, 5.74) is 2.09. The monoisotopic (exact) mass is 351 g/mol. The molecule has 1 aromatic rings. The van der Waals surface area contributed by atoms with Crippen LogP contribution in [0.5, 0.6) is 0 Å². The standard InChI is InChI=1S/C15H11NO2.C2HF3O2/c17-15(18)12-8-11-6-3-5-10-4-1-2-7-13(10)14(11)16-9-12;3-2(4,5)1(6)7/h1-9,16H,(H,17,18);(H,6,7). The van der Waals surface area contributed by atoms with E-state index in [2.05, 4.69) is 5.32 Å². The summed E-state index contributed by atoms with van der Waals surface area (Å²) >= 11 is 0. The molecule has 0 radical (unpaired) electrons. The summed E-state index contributed by atoms with van der Waals surface area (Å²) in [6, 6.07) is 8.02. The van der Waals surface area contributed by atoms with Crippen molar-refractivity contribution in [2.24, 2.45) is 0 Å². The molecule has 1 aromatic carbocycles. The van der Waals surface area contributed by atoms with E-state index in [0.29, 0.717) is 0 Å². The molecular formula is C17H12F3NO4. The van der Waals surface area contributed by atoms with Gasteiger partial charge in [-0.05, 0) is 16.9 Å². The van der Waals surface area contributed by atoms with Crippen LogP contribution >= 0.6 is 0 Å². The number of alkyl halides is 3. The molecule has 5 nitrogen and oxygen atoms in total. The first-order chi connectivity index (χ1) is 11.7. The zero-order valence-electron chi connectivity index (χ0n) is 12.5. The van der Waals surface area contributed by atoms with E-state index in [1.54, 1.807) is 6.08 Å². The molecule has 0 fully saturated rings. The smallest absolute Gasteiger partial charge is 0.478 e. The summed E-state index contributed by atoms with van der Waals surface area (Å²) < 4.78 is 31.7. The molecule has 3 rings (SSSR count). The average Bonchev–Trinajstić information content (AvgIpc) is 2.73. The van der Waals surface area contributed by atoms with E-state index in [-0.39, 0.29) is 5.57 Å². The molecular weight excluding hydrogens is 339 g/mol. The van der Waals surface area contributed by atoms with E-state index >= 15 is 0 Å². The number of fused-ring (bicyclic) bond motifs is 2. The lowest BCUT2D eigenvalue weighted by Gasteiger charge is -2.14. The van der Waals surface area contributed by atoms with Gasteiger partial charge >= 0.3 is 18.1 Å². The van der Waals surface area contributed by atoms with Crippen molar-refractivity contribution in [1.82, 2.24) is 5.32 Å². The fourth-order valence-electron chi connectivity index (χ4n) is 2.13. The first-order valence-electron chi connectivity index (χ1n) is 6.90. The molecule has 0 saturated heterocycles. The Morgan fingerprint density at radius 1 is 1.08 bits per heavy atom. The highest BCUT2D eigenvalue weighted by atomic mass is 19.4. The number of halogens is 3. The third-order valence-corrected chi connectivity index (χ3v) is 3.24. The van der Waals surface area contributed by atoms with Gasteiger partial charge in [-0.15, -0.1) is 0 Å². The Hall–Kier alpha value is -3.29. The van der Waals surface area contributed by atoms with Gasteiger partial charge in [-0.1, -0.05) is 42.5 Å². The highest BCUT2D eigenvalue weighted by Gasteiger charge is 2.38. The molecule has 3 N–H and O–H groups in total. The van der Waals surface area contributed by atoms with Crippen molar-refractivity contribution in [3.05, 3.63) is 70.3 Å². The summed E-state index contributed by atoms with van der Waals surface area (Å²) in [6.07, 6.45) is 3.99. The highest BCUT2D eigenvalue weighted by molar-refractivity contribution is 5.93. The van der Waals surface area contributed by atoms with Gasteiger partial charge in [0.25, 0.3) is 0 Å². The lowest BCUT2D eigenvalue weighted by molar-refractivity contribution is -0.192. The van der Waals surface area contributed by atoms with Crippen molar-refractivity contribution in [3.8, 4) is 0 Å². The molecule has 25 heavy (non-hydrogen) atoms. The number of carboxylic acid groups (broad SMARTS) is 2. The molecule has 2 aliphatic rings. The first kappa shape index (κ1) is 18.1. The Bertz CT molecular complexity index is 924. The third kappa shape index (κ3) is 4.37. The number of carbonyl (C=O) groups is 2. The number of dihydropyridines is 1. The average molecular weight is 351 g/mol. The van der Waals surface area contributed by atoms with Crippen molar-refractivity contribution >= 4 is 23.7 Å². The van der Waals surface area contributed by atoms with Gasteiger partial charge in [-0.2, -0.15) is 13.2 Å². The number of rotatable bonds is 1. The highest BCUT2D eigenvalue weighted by Crippen LogP contribution is 2.18. The van der Waals surface area contributed by atoms with Crippen LogP contribution in [0.3, 0.4) is 0 Å². The van der Waals surface area contributed by atoms with Crippen LogP contribution in [-0.4, -0.2) is 28.3 Å². The lowest BCUT2D eigenvalue weighted by atomic mass is 10.0. The Labute approximate surface area is 139 Å². The van der Waals surface area contributed by atoms with Crippen molar-refractivity contribution < 1.29 is 33.0 Å². The quantitative estimate of drug-likeness (QED) is 0.710. The molecule has 0 bridgehead atoms. The molecule has 0 amide bonds. The maximum absolute atomic E-state index is 11.0. The molecule has 1 aliphatic carbocycles. The number of nitrogens with one attached hydrogen (secondary N) is 1. The molecule has 0 spiro atoms. The van der Waals surface area contributed by atoms with Gasteiger partial charge in [0.05, 0.1) is 11.3 Å². The minimum Gasteiger partial charge on any atom is -0.478 e. The summed E-state index contributed by atoms with van der Waals surface area (Å²) in [5.74, 6) is -3.68.